The molecule has 0 N–H and O–H groups in total. The normalized spacial score (nSPS) is 11.8. The van der Waals surface area contributed by atoms with E-state index in [-0.39, 0.29) is 83.6 Å². The first-order valence-electron chi connectivity index (χ1n) is 10.8. The van der Waals surface area contributed by atoms with E-state index >= 15 is 0 Å². The third-order valence-corrected chi connectivity index (χ3v) is 11.8. The van der Waals surface area contributed by atoms with Crippen LogP contribution >= 0.6 is 23.5 Å². The van der Waals surface area contributed by atoms with E-state index in [0.717, 1.165) is 28.3 Å². The van der Waals surface area contributed by atoms with Crippen LogP contribution in [0.4, 0.5) is 0 Å². The smallest absolute Gasteiger partial charge is 0.744 e. The molecule has 0 unspecified atom stereocenters. The molecule has 4 aromatic rings. The molecule has 0 fully saturated rings. The van der Waals surface area contributed by atoms with Crippen molar-refractivity contribution in [1.82, 2.24) is 0 Å². The van der Waals surface area contributed by atoms with Gasteiger partial charge in [0.1, 0.15) is 10.1 Å². The Labute approximate surface area is 287 Å². The molecule has 0 saturated carbocycles. The quantitative estimate of drug-likeness (QED) is 0.105. The van der Waals surface area contributed by atoms with Gasteiger partial charge in [0.25, 0.3) is 0 Å². The van der Waals surface area contributed by atoms with Crippen molar-refractivity contribution in [3.63, 3.8) is 0 Å². The van der Waals surface area contributed by atoms with Gasteiger partial charge < -0.3 is 4.55 Å². The Kier molecular flexibility index (Phi) is 12.7. The van der Waals surface area contributed by atoms with E-state index in [1.54, 1.807) is 25.1 Å². The minimum Gasteiger partial charge on any atom is -0.744 e. The second-order valence-electron chi connectivity index (χ2n) is 8.03. The fraction of sp³-hybridized carbons (Fsp3) is 0.0769. The van der Waals surface area contributed by atoms with Gasteiger partial charge in [-0.1, -0.05) is 18.7 Å². The van der Waals surface area contributed by atoms with Crippen molar-refractivity contribution in [3.05, 3.63) is 96.6 Å². The maximum Gasteiger partial charge on any atom is 1.00 e. The minimum absolute atomic E-state index is 0. The first kappa shape index (κ1) is 35.6. The number of benzene rings is 4. The summed E-state index contributed by atoms with van der Waals surface area (Å²) in [6.07, 6.45) is 1.89. The molecule has 4 rings (SSSR count). The molecule has 7 nitrogen and oxygen atoms in total. The molecule has 198 valence electrons. The standard InChI is InChI=1S/C26H21O7S5.2Na/c1-18-3-9-21(10-4-18)37(29,30)24-15-16-25(26(17-24)38(31,32)33)35-20-7-13-23(14-8-20)36(27,28)22-11-5-19(34-2)6-12-22;;/h3,5-17H,1-2H3,(H,31,32,33);;/q-1;2*+1/p-1. The van der Waals surface area contributed by atoms with Crippen LogP contribution in [0.25, 0.3) is 0 Å². The zero-order valence-electron chi connectivity index (χ0n) is 22.0. The molecule has 0 aromatic heterocycles. The number of aryl methyl sites for hydroxylation is 1. The predicted molar refractivity (Wildman–Crippen MR) is 144 cm³/mol. The molecule has 0 bridgehead atoms. The van der Waals surface area contributed by atoms with Gasteiger partial charge in [0, 0.05) is 14.7 Å². The van der Waals surface area contributed by atoms with Gasteiger partial charge >= 0.3 is 59.1 Å². The third kappa shape index (κ3) is 8.06. The van der Waals surface area contributed by atoms with Crippen molar-refractivity contribution in [3.8, 4) is 0 Å². The Morgan fingerprint density at radius 3 is 1.60 bits per heavy atom. The van der Waals surface area contributed by atoms with Crippen molar-refractivity contribution in [1.29, 1.82) is 0 Å². The SMILES string of the molecule is CSc1ccc(S(=O)(=O)c2ccc(Sc3ccc(S(=O)(=O)c4c[c-]c(C)cc4)cc3S(=O)(=O)[O-])cc2)cc1.[Na+].[Na+]. The van der Waals surface area contributed by atoms with E-state index in [2.05, 4.69) is 6.07 Å². The van der Waals surface area contributed by atoms with Crippen LogP contribution in [0.1, 0.15) is 5.56 Å². The second-order valence-corrected chi connectivity index (χ2v) is 15.3. The molecular formula is C26H20Na2O7S5. The average molecular weight is 651 g/mol. The molecule has 14 heteroatoms. The largest absolute Gasteiger partial charge is 1.00 e. The molecule has 0 aliphatic heterocycles. The summed E-state index contributed by atoms with van der Waals surface area (Å²) in [7, 11) is -12.9. The summed E-state index contributed by atoms with van der Waals surface area (Å²) in [6, 6.07) is 22.6. The Morgan fingerprint density at radius 1 is 0.650 bits per heavy atom. The fourth-order valence-electron chi connectivity index (χ4n) is 3.43. The summed E-state index contributed by atoms with van der Waals surface area (Å²) in [5.74, 6) is 0. The molecule has 0 saturated heterocycles. The first-order valence-corrected chi connectivity index (χ1v) is 17.2. The van der Waals surface area contributed by atoms with E-state index < -0.39 is 34.7 Å². The zero-order valence-corrected chi connectivity index (χ0v) is 30.1. The van der Waals surface area contributed by atoms with Gasteiger partial charge in [-0.3, -0.25) is 0 Å². The van der Waals surface area contributed by atoms with E-state index in [9.17, 15) is 29.8 Å². The van der Waals surface area contributed by atoms with Gasteiger partial charge in [0.2, 0.25) is 9.84 Å². The van der Waals surface area contributed by atoms with Gasteiger partial charge in [-0.25, -0.2) is 25.3 Å². The molecule has 0 amide bonds. The van der Waals surface area contributed by atoms with Gasteiger partial charge in [0.05, 0.1) is 19.6 Å². The summed E-state index contributed by atoms with van der Waals surface area (Å²) in [5.41, 5.74) is 0.728. The van der Waals surface area contributed by atoms with Crippen LogP contribution in [0, 0.1) is 13.0 Å². The average Bonchev–Trinajstić information content (AvgIpc) is 2.89. The van der Waals surface area contributed by atoms with Gasteiger partial charge in [0.15, 0.2) is 9.84 Å². The third-order valence-electron chi connectivity index (χ3n) is 5.48. The number of sulfone groups is 2. The van der Waals surface area contributed by atoms with Crippen LogP contribution in [0.15, 0.2) is 124 Å². The summed E-state index contributed by atoms with van der Waals surface area (Å²) in [6.45, 7) is 1.75. The molecule has 0 aliphatic carbocycles. The van der Waals surface area contributed by atoms with Crippen LogP contribution in [-0.2, 0) is 29.8 Å². The van der Waals surface area contributed by atoms with Crippen molar-refractivity contribution in [2.24, 2.45) is 0 Å². The van der Waals surface area contributed by atoms with Crippen molar-refractivity contribution in [2.45, 2.75) is 46.1 Å². The van der Waals surface area contributed by atoms with Crippen LogP contribution < -0.4 is 59.1 Å². The van der Waals surface area contributed by atoms with Gasteiger partial charge in [-0.05, 0) is 77.9 Å². The second kappa shape index (κ2) is 14.2. The van der Waals surface area contributed by atoms with Crippen LogP contribution in [0.2, 0.25) is 0 Å². The summed E-state index contributed by atoms with van der Waals surface area (Å²) in [4.78, 5) is 0.458. The van der Waals surface area contributed by atoms with Crippen LogP contribution in [0.5, 0.6) is 0 Å². The summed E-state index contributed by atoms with van der Waals surface area (Å²) < 4.78 is 88.0. The van der Waals surface area contributed by atoms with E-state index in [1.165, 1.54) is 72.4 Å². The number of hydrogen-bond donors (Lipinski definition) is 0. The van der Waals surface area contributed by atoms with E-state index in [4.69, 9.17) is 0 Å². The number of thioether (sulfide) groups is 1. The Bertz CT molecular complexity index is 1810. The first-order chi connectivity index (χ1) is 17.8. The van der Waals surface area contributed by atoms with E-state index in [1.807, 2.05) is 6.26 Å². The number of hydrogen-bond acceptors (Lipinski definition) is 9. The molecule has 0 radical (unpaired) electrons. The fourth-order valence-corrected chi connectivity index (χ4v) is 8.27. The Hall–Kier alpha value is -0.610. The van der Waals surface area contributed by atoms with Crippen molar-refractivity contribution >= 4 is 53.3 Å². The van der Waals surface area contributed by atoms with Gasteiger partial charge in [-0.15, -0.1) is 11.8 Å². The Balaban J connectivity index is 0.00000280. The molecular weight excluding hydrogens is 631 g/mol. The van der Waals surface area contributed by atoms with Crippen molar-refractivity contribution in [2.75, 3.05) is 6.26 Å². The molecule has 0 heterocycles. The minimum atomic E-state index is -5.04. The molecule has 4 aromatic carbocycles. The van der Waals surface area contributed by atoms with Crippen molar-refractivity contribution < 1.29 is 88.9 Å². The Morgan fingerprint density at radius 2 is 1.12 bits per heavy atom. The summed E-state index contributed by atoms with van der Waals surface area (Å²) >= 11 is 2.39. The van der Waals surface area contributed by atoms with Crippen LogP contribution in [-0.4, -0.2) is 36.1 Å². The molecule has 0 aliphatic rings. The molecule has 0 atom stereocenters. The zero-order chi connectivity index (χ0) is 27.7. The maximum absolute atomic E-state index is 13.0. The number of rotatable bonds is 8. The monoisotopic (exact) mass is 650 g/mol. The van der Waals surface area contributed by atoms with Gasteiger partial charge in [-0.2, -0.15) is 29.8 Å². The maximum atomic E-state index is 13.0. The van der Waals surface area contributed by atoms with Crippen LogP contribution in [0.3, 0.4) is 0 Å². The topological polar surface area (TPSA) is 125 Å². The molecule has 0 spiro atoms. The van der Waals surface area contributed by atoms with E-state index in [0.29, 0.717) is 4.90 Å². The summed E-state index contributed by atoms with van der Waals surface area (Å²) in [5, 5.41) is 0. The predicted octanol–water partition coefficient (Wildman–Crippen LogP) is -0.754. The molecule has 40 heavy (non-hydrogen) atoms.